The average molecular weight is 357 g/mol. The van der Waals surface area contributed by atoms with Crippen molar-refractivity contribution >= 4 is 5.96 Å². The molecule has 148 valence electrons. The SMILES string of the molecule is CN=C(NCCCCN1CCN(C)CC1)NCCN(C)CCCOC. The van der Waals surface area contributed by atoms with Crippen molar-refractivity contribution in [3.05, 3.63) is 0 Å². The van der Waals surface area contributed by atoms with Crippen molar-refractivity contribution in [1.82, 2.24) is 25.3 Å². The van der Waals surface area contributed by atoms with E-state index in [1.54, 1.807) is 7.11 Å². The maximum Gasteiger partial charge on any atom is 0.191 e. The highest BCUT2D eigenvalue weighted by Crippen LogP contribution is 2.01. The molecule has 1 fully saturated rings. The van der Waals surface area contributed by atoms with Crippen LogP contribution >= 0.6 is 0 Å². The zero-order valence-corrected chi connectivity index (χ0v) is 16.9. The molecule has 0 radical (unpaired) electrons. The third-order valence-corrected chi connectivity index (χ3v) is 4.69. The van der Waals surface area contributed by atoms with Crippen LogP contribution in [-0.2, 0) is 4.74 Å². The van der Waals surface area contributed by atoms with Crippen molar-refractivity contribution < 1.29 is 4.74 Å². The number of piperazine rings is 1. The van der Waals surface area contributed by atoms with Crippen molar-refractivity contribution in [3.63, 3.8) is 0 Å². The van der Waals surface area contributed by atoms with Crippen molar-refractivity contribution in [1.29, 1.82) is 0 Å². The Hall–Kier alpha value is -0.890. The van der Waals surface area contributed by atoms with E-state index in [0.717, 1.165) is 45.2 Å². The van der Waals surface area contributed by atoms with Crippen LogP contribution < -0.4 is 10.6 Å². The fraction of sp³-hybridized carbons (Fsp3) is 0.944. The van der Waals surface area contributed by atoms with Crippen LogP contribution in [0.2, 0.25) is 0 Å². The highest BCUT2D eigenvalue weighted by Gasteiger charge is 2.12. The molecule has 0 atom stereocenters. The fourth-order valence-electron chi connectivity index (χ4n) is 2.92. The summed E-state index contributed by atoms with van der Waals surface area (Å²) in [6, 6.07) is 0. The first-order valence-corrected chi connectivity index (χ1v) is 9.68. The Labute approximate surface area is 154 Å². The predicted molar refractivity (Wildman–Crippen MR) is 107 cm³/mol. The van der Waals surface area contributed by atoms with Crippen LogP contribution in [0, 0.1) is 0 Å². The number of likely N-dealkylation sites (N-methyl/N-ethyl adjacent to an activating group) is 2. The third kappa shape index (κ3) is 11.4. The largest absolute Gasteiger partial charge is 0.385 e. The van der Waals surface area contributed by atoms with Crippen LogP contribution in [-0.4, -0.2) is 114 Å². The molecule has 0 aromatic carbocycles. The topological polar surface area (TPSA) is 55.4 Å². The third-order valence-electron chi connectivity index (χ3n) is 4.69. The number of hydrogen-bond donors (Lipinski definition) is 2. The smallest absolute Gasteiger partial charge is 0.191 e. The van der Waals surface area contributed by atoms with E-state index in [-0.39, 0.29) is 0 Å². The van der Waals surface area contributed by atoms with E-state index < -0.39 is 0 Å². The van der Waals surface area contributed by atoms with Gasteiger partial charge in [0.15, 0.2) is 5.96 Å². The lowest BCUT2D eigenvalue weighted by Gasteiger charge is -2.32. The number of nitrogens with zero attached hydrogens (tertiary/aromatic N) is 4. The van der Waals surface area contributed by atoms with Gasteiger partial charge in [-0.05, 0) is 39.9 Å². The summed E-state index contributed by atoms with van der Waals surface area (Å²) in [6.45, 7) is 10.8. The maximum absolute atomic E-state index is 5.08. The van der Waals surface area contributed by atoms with Crippen molar-refractivity contribution in [2.45, 2.75) is 19.3 Å². The Morgan fingerprint density at radius 3 is 2.44 bits per heavy atom. The van der Waals surface area contributed by atoms with E-state index >= 15 is 0 Å². The number of aliphatic imine (C=N–C) groups is 1. The number of ether oxygens (including phenoxy) is 1. The van der Waals surface area contributed by atoms with Crippen LogP contribution in [0.5, 0.6) is 0 Å². The van der Waals surface area contributed by atoms with Crippen LogP contribution in [0.1, 0.15) is 19.3 Å². The molecule has 0 aliphatic carbocycles. The van der Waals surface area contributed by atoms with Crippen molar-refractivity contribution in [2.75, 3.05) is 93.8 Å². The lowest BCUT2D eigenvalue weighted by atomic mass is 10.2. The molecule has 0 saturated carbocycles. The van der Waals surface area contributed by atoms with Gasteiger partial charge in [0, 0.05) is 73.1 Å². The molecule has 7 heteroatoms. The first-order chi connectivity index (χ1) is 12.2. The molecule has 0 bridgehead atoms. The van der Waals surface area contributed by atoms with Crippen LogP contribution in [0.25, 0.3) is 0 Å². The molecule has 1 heterocycles. The molecule has 7 nitrogen and oxygen atoms in total. The maximum atomic E-state index is 5.08. The lowest BCUT2D eigenvalue weighted by molar-refractivity contribution is 0.152. The Balaban J connectivity index is 1.99. The summed E-state index contributed by atoms with van der Waals surface area (Å²) in [4.78, 5) is 11.6. The van der Waals surface area contributed by atoms with E-state index in [9.17, 15) is 0 Å². The molecular formula is C18H40N6O. The Morgan fingerprint density at radius 1 is 1.04 bits per heavy atom. The van der Waals surface area contributed by atoms with E-state index in [4.69, 9.17) is 4.74 Å². The monoisotopic (exact) mass is 356 g/mol. The predicted octanol–water partition coefficient (Wildman–Crippen LogP) is 0.147. The van der Waals surface area contributed by atoms with Gasteiger partial charge in [-0.2, -0.15) is 0 Å². The standard InChI is InChI=1S/C18H40N6O/c1-19-18(21-9-12-22(2)10-7-17-25-4)20-8-5-6-11-24-15-13-23(3)14-16-24/h5-17H2,1-4H3,(H2,19,20,21). The second-order valence-electron chi connectivity index (χ2n) is 6.93. The molecule has 0 amide bonds. The summed E-state index contributed by atoms with van der Waals surface area (Å²) in [7, 11) is 7.94. The molecule has 0 spiro atoms. The normalized spacial score (nSPS) is 17.2. The fourth-order valence-corrected chi connectivity index (χ4v) is 2.92. The van der Waals surface area contributed by atoms with Crippen LogP contribution in [0.15, 0.2) is 4.99 Å². The number of unbranched alkanes of at least 4 members (excludes halogenated alkanes) is 1. The first kappa shape index (κ1) is 22.2. The number of nitrogens with one attached hydrogen (secondary N) is 2. The minimum absolute atomic E-state index is 0.828. The summed E-state index contributed by atoms with van der Waals surface area (Å²) in [5.74, 6) is 0.907. The number of hydrogen-bond acceptors (Lipinski definition) is 5. The average Bonchev–Trinajstić information content (AvgIpc) is 2.61. The molecular weight excluding hydrogens is 316 g/mol. The summed E-state index contributed by atoms with van der Waals surface area (Å²) in [5, 5.41) is 6.80. The van der Waals surface area contributed by atoms with Gasteiger partial charge in [0.2, 0.25) is 0 Å². The van der Waals surface area contributed by atoms with Crippen molar-refractivity contribution in [2.24, 2.45) is 4.99 Å². The summed E-state index contributed by atoms with van der Waals surface area (Å²) < 4.78 is 5.08. The van der Waals surface area contributed by atoms with E-state index in [1.807, 2.05) is 7.05 Å². The molecule has 1 aliphatic rings. The van der Waals surface area contributed by atoms with Gasteiger partial charge < -0.3 is 30.1 Å². The summed E-state index contributed by atoms with van der Waals surface area (Å²) in [6.07, 6.45) is 3.51. The van der Waals surface area contributed by atoms with E-state index in [1.165, 1.54) is 45.6 Å². The Morgan fingerprint density at radius 2 is 1.76 bits per heavy atom. The first-order valence-electron chi connectivity index (χ1n) is 9.68. The minimum atomic E-state index is 0.828. The zero-order valence-electron chi connectivity index (χ0n) is 16.9. The lowest BCUT2D eigenvalue weighted by Crippen LogP contribution is -2.45. The molecule has 2 N–H and O–H groups in total. The van der Waals surface area contributed by atoms with Gasteiger partial charge in [-0.3, -0.25) is 4.99 Å². The molecule has 25 heavy (non-hydrogen) atoms. The van der Waals surface area contributed by atoms with Crippen molar-refractivity contribution in [3.8, 4) is 0 Å². The summed E-state index contributed by atoms with van der Waals surface area (Å²) in [5.41, 5.74) is 0. The van der Waals surface area contributed by atoms with Gasteiger partial charge in [-0.25, -0.2) is 0 Å². The van der Waals surface area contributed by atoms with Gasteiger partial charge in [-0.15, -0.1) is 0 Å². The van der Waals surface area contributed by atoms with Gasteiger partial charge >= 0.3 is 0 Å². The highest BCUT2D eigenvalue weighted by atomic mass is 16.5. The van der Waals surface area contributed by atoms with E-state index in [0.29, 0.717) is 0 Å². The second-order valence-corrected chi connectivity index (χ2v) is 6.93. The zero-order chi connectivity index (χ0) is 18.3. The van der Waals surface area contributed by atoms with Gasteiger partial charge in [0.25, 0.3) is 0 Å². The molecule has 0 aromatic heterocycles. The number of guanidine groups is 1. The Bertz CT molecular complexity index is 344. The quantitative estimate of drug-likeness (QED) is 0.295. The number of methoxy groups -OCH3 is 1. The minimum Gasteiger partial charge on any atom is -0.385 e. The van der Waals surface area contributed by atoms with Gasteiger partial charge in [0.1, 0.15) is 0 Å². The van der Waals surface area contributed by atoms with Gasteiger partial charge in [0.05, 0.1) is 0 Å². The Kier molecular flexibility index (Phi) is 12.7. The number of rotatable bonds is 12. The van der Waals surface area contributed by atoms with Gasteiger partial charge in [-0.1, -0.05) is 0 Å². The van der Waals surface area contributed by atoms with Crippen LogP contribution in [0.4, 0.5) is 0 Å². The second kappa shape index (κ2) is 14.3. The molecule has 1 aliphatic heterocycles. The molecule has 0 aromatic rings. The summed E-state index contributed by atoms with van der Waals surface area (Å²) >= 11 is 0. The molecule has 1 rings (SSSR count). The van der Waals surface area contributed by atoms with Crippen LogP contribution in [0.3, 0.4) is 0 Å². The molecule has 1 saturated heterocycles. The molecule has 0 unspecified atom stereocenters. The van der Waals surface area contributed by atoms with E-state index in [2.05, 4.69) is 44.4 Å². The highest BCUT2D eigenvalue weighted by molar-refractivity contribution is 5.79.